The molecule has 0 aliphatic carbocycles. The van der Waals surface area contributed by atoms with E-state index in [1.54, 1.807) is 0 Å². The molecule has 0 saturated heterocycles. The Bertz CT molecular complexity index is 577. The maximum absolute atomic E-state index is 12.3. The van der Waals surface area contributed by atoms with E-state index in [1.807, 2.05) is 43.3 Å². The Morgan fingerprint density at radius 3 is 2.60 bits per heavy atom. The van der Waals surface area contributed by atoms with Crippen molar-refractivity contribution in [2.45, 2.75) is 26.3 Å². The van der Waals surface area contributed by atoms with E-state index >= 15 is 0 Å². The second-order valence-electron chi connectivity index (χ2n) is 4.69. The fourth-order valence-corrected chi connectivity index (χ4v) is 3.15. The van der Waals surface area contributed by atoms with Gasteiger partial charge in [-0.1, -0.05) is 37.3 Å². The molecule has 0 saturated carbocycles. The molecule has 1 aromatic carbocycles. The number of carbonyl (C=O) groups excluding carboxylic acids is 1. The summed E-state index contributed by atoms with van der Waals surface area (Å²) in [7, 11) is 0. The van der Waals surface area contributed by atoms with Crippen LogP contribution in [0.1, 0.15) is 38.6 Å². The molecule has 0 bridgehead atoms. The number of rotatable bonds is 5. The minimum Gasteiger partial charge on any atom is -0.394 e. The highest BCUT2D eigenvalue weighted by molar-refractivity contribution is 7.14. The number of aryl methyl sites for hydroxylation is 2. The van der Waals surface area contributed by atoms with Gasteiger partial charge in [0.15, 0.2) is 0 Å². The zero-order valence-corrected chi connectivity index (χ0v) is 12.5. The number of hydrogen-bond donors (Lipinski definition) is 2. The lowest BCUT2D eigenvalue weighted by atomic mass is 10.1. The molecule has 0 spiro atoms. The second-order valence-corrected chi connectivity index (χ2v) is 5.83. The average Bonchev–Trinajstić information content (AvgIpc) is 2.86. The third kappa shape index (κ3) is 3.26. The quantitative estimate of drug-likeness (QED) is 0.888. The van der Waals surface area contributed by atoms with E-state index in [4.69, 9.17) is 0 Å². The summed E-state index contributed by atoms with van der Waals surface area (Å²) in [6, 6.07) is 11.1. The molecule has 1 heterocycles. The van der Waals surface area contributed by atoms with Crippen LogP contribution in [0.4, 0.5) is 0 Å². The topological polar surface area (TPSA) is 49.3 Å². The van der Waals surface area contributed by atoms with E-state index in [0.29, 0.717) is 4.88 Å². The molecule has 0 aliphatic heterocycles. The highest BCUT2D eigenvalue weighted by Gasteiger charge is 2.17. The molecule has 106 valence electrons. The molecule has 3 nitrogen and oxygen atoms in total. The van der Waals surface area contributed by atoms with Crippen LogP contribution >= 0.6 is 11.3 Å². The summed E-state index contributed by atoms with van der Waals surface area (Å²) in [5.74, 6) is -0.124. The fraction of sp³-hybridized carbons (Fsp3) is 0.312. The standard InChI is InChI=1S/C16H19NO2S/c1-3-14-11(2)9-15(20-14)16(19)17-13(10-18)12-7-5-4-6-8-12/h4-9,13,18H,3,10H2,1-2H3,(H,17,19)/t13-/m0/s1. The van der Waals surface area contributed by atoms with Crippen molar-refractivity contribution in [1.82, 2.24) is 5.32 Å². The van der Waals surface area contributed by atoms with E-state index in [9.17, 15) is 9.90 Å². The average molecular weight is 289 g/mol. The number of amides is 1. The van der Waals surface area contributed by atoms with Crippen molar-refractivity contribution >= 4 is 17.2 Å². The predicted molar refractivity (Wildman–Crippen MR) is 82.2 cm³/mol. The molecule has 0 aliphatic rings. The lowest BCUT2D eigenvalue weighted by Gasteiger charge is -2.16. The van der Waals surface area contributed by atoms with Crippen LogP contribution in [0.3, 0.4) is 0 Å². The molecule has 0 unspecified atom stereocenters. The molecule has 0 radical (unpaired) electrons. The summed E-state index contributed by atoms with van der Waals surface area (Å²) in [6.45, 7) is 3.99. The van der Waals surface area contributed by atoms with Gasteiger partial charge < -0.3 is 10.4 Å². The highest BCUT2D eigenvalue weighted by Crippen LogP contribution is 2.23. The summed E-state index contributed by atoms with van der Waals surface area (Å²) in [5.41, 5.74) is 2.07. The van der Waals surface area contributed by atoms with Crippen LogP contribution in [0, 0.1) is 6.92 Å². The minimum atomic E-state index is -0.365. The maximum Gasteiger partial charge on any atom is 0.261 e. The number of aliphatic hydroxyl groups is 1. The largest absolute Gasteiger partial charge is 0.394 e. The summed E-state index contributed by atoms with van der Waals surface area (Å²) < 4.78 is 0. The van der Waals surface area contributed by atoms with E-state index in [0.717, 1.165) is 17.5 Å². The molecule has 2 rings (SSSR count). The van der Waals surface area contributed by atoms with E-state index in [1.165, 1.54) is 16.2 Å². The lowest BCUT2D eigenvalue weighted by Crippen LogP contribution is -2.30. The van der Waals surface area contributed by atoms with Crippen molar-refractivity contribution in [2.24, 2.45) is 0 Å². The highest BCUT2D eigenvalue weighted by atomic mass is 32.1. The number of nitrogens with one attached hydrogen (secondary N) is 1. The SMILES string of the molecule is CCc1sc(C(=O)N[C@@H](CO)c2ccccc2)cc1C. The van der Waals surface area contributed by atoms with Crippen LogP contribution in [0.25, 0.3) is 0 Å². The lowest BCUT2D eigenvalue weighted by molar-refractivity contribution is 0.0920. The first-order valence-corrected chi connectivity index (χ1v) is 7.53. The maximum atomic E-state index is 12.3. The molecule has 1 aromatic heterocycles. The molecule has 1 atom stereocenters. The Kier molecular flexibility index (Phi) is 4.93. The van der Waals surface area contributed by atoms with Crippen molar-refractivity contribution in [1.29, 1.82) is 0 Å². The Balaban J connectivity index is 2.13. The monoisotopic (exact) mass is 289 g/mol. The van der Waals surface area contributed by atoms with Gasteiger partial charge in [0.2, 0.25) is 0 Å². The molecular weight excluding hydrogens is 270 g/mol. The first kappa shape index (κ1) is 14.8. The number of thiophene rings is 1. The third-order valence-electron chi connectivity index (χ3n) is 3.26. The molecule has 0 fully saturated rings. The summed E-state index contributed by atoms with van der Waals surface area (Å²) >= 11 is 1.52. The number of aliphatic hydroxyl groups excluding tert-OH is 1. The molecule has 20 heavy (non-hydrogen) atoms. The minimum absolute atomic E-state index is 0.110. The van der Waals surface area contributed by atoms with Gasteiger partial charge in [0.05, 0.1) is 17.5 Å². The molecule has 2 aromatic rings. The first-order chi connectivity index (χ1) is 9.65. The van der Waals surface area contributed by atoms with Gasteiger partial charge in [-0.3, -0.25) is 4.79 Å². The third-order valence-corrected chi connectivity index (χ3v) is 4.64. The van der Waals surface area contributed by atoms with Gasteiger partial charge in [0, 0.05) is 4.88 Å². The molecular formula is C16H19NO2S. The Morgan fingerprint density at radius 1 is 1.35 bits per heavy atom. The molecule has 4 heteroatoms. The smallest absolute Gasteiger partial charge is 0.261 e. The zero-order valence-electron chi connectivity index (χ0n) is 11.7. The van der Waals surface area contributed by atoms with Crippen LogP contribution < -0.4 is 5.32 Å². The van der Waals surface area contributed by atoms with Gasteiger partial charge in [0.25, 0.3) is 5.91 Å². The Morgan fingerprint density at radius 2 is 2.05 bits per heavy atom. The van der Waals surface area contributed by atoms with Crippen molar-refractivity contribution in [3.8, 4) is 0 Å². The van der Waals surface area contributed by atoms with Gasteiger partial charge in [0.1, 0.15) is 0 Å². The van der Waals surface area contributed by atoms with Crippen LogP contribution in [0.15, 0.2) is 36.4 Å². The van der Waals surface area contributed by atoms with Crippen molar-refractivity contribution < 1.29 is 9.90 Å². The first-order valence-electron chi connectivity index (χ1n) is 6.71. The van der Waals surface area contributed by atoms with Crippen LogP contribution in [-0.2, 0) is 6.42 Å². The summed E-state index contributed by atoms with van der Waals surface area (Å²) in [4.78, 5) is 14.2. The van der Waals surface area contributed by atoms with Crippen LogP contribution in [0.2, 0.25) is 0 Å². The van der Waals surface area contributed by atoms with E-state index in [-0.39, 0.29) is 18.6 Å². The zero-order chi connectivity index (χ0) is 14.5. The van der Waals surface area contributed by atoms with Crippen LogP contribution in [-0.4, -0.2) is 17.6 Å². The number of hydrogen-bond acceptors (Lipinski definition) is 3. The molecule has 1 amide bonds. The van der Waals surface area contributed by atoms with E-state index in [2.05, 4.69) is 12.2 Å². The molecule has 2 N–H and O–H groups in total. The van der Waals surface area contributed by atoms with Crippen molar-refractivity contribution in [3.63, 3.8) is 0 Å². The Labute approximate surface area is 123 Å². The van der Waals surface area contributed by atoms with Gasteiger partial charge in [-0.05, 0) is 30.5 Å². The number of benzene rings is 1. The summed E-state index contributed by atoms with van der Waals surface area (Å²) in [6.07, 6.45) is 0.936. The van der Waals surface area contributed by atoms with Crippen molar-refractivity contribution in [2.75, 3.05) is 6.61 Å². The van der Waals surface area contributed by atoms with Gasteiger partial charge in [-0.2, -0.15) is 0 Å². The number of carbonyl (C=O) groups is 1. The van der Waals surface area contributed by atoms with Crippen LogP contribution in [0.5, 0.6) is 0 Å². The van der Waals surface area contributed by atoms with E-state index < -0.39 is 0 Å². The normalized spacial score (nSPS) is 12.2. The second kappa shape index (κ2) is 6.68. The van der Waals surface area contributed by atoms with Gasteiger partial charge >= 0.3 is 0 Å². The predicted octanol–water partition coefficient (Wildman–Crippen LogP) is 3.08. The fourth-order valence-electron chi connectivity index (χ4n) is 2.13. The Hall–Kier alpha value is -1.65. The van der Waals surface area contributed by atoms with Gasteiger partial charge in [-0.15, -0.1) is 11.3 Å². The summed E-state index contributed by atoms with van der Waals surface area (Å²) in [5, 5.41) is 12.4. The van der Waals surface area contributed by atoms with Crippen molar-refractivity contribution in [3.05, 3.63) is 57.3 Å². The van der Waals surface area contributed by atoms with Gasteiger partial charge in [-0.25, -0.2) is 0 Å².